The number of hydrogen-bond donors (Lipinski definition) is 1. The minimum absolute atomic E-state index is 0.124. The Morgan fingerprint density at radius 1 is 1.16 bits per heavy atom. The van der Waals surface area contributed by atoms with E-state index in [0.717, 1.165) is 41.4 Å². The van der Waals surface area contributed by atoms with Crippen molar-refractivity contribution >= 4 is 27.5 Å². The molecule has 5 rings (SSSR count). The molecule has 1 unspecified atom stereocenters. The van der Waals surface area contributed by atoms with Gasteiger partial charge in [-0.1, -0.05) is 0 Å². The maximum absolute atomic E-state index is 9.55. The molecule has 7 heteroatoms. The van der Waals surface area contributed by atoms with E-state index < -0.39 is 0 Å². The molecule has 0 aliphatic carbocycles. The van der Waals surface area contributed by atoms with Crippen molar-refractivity contribution in [2.75, 3.05) is 18.0 Å². The third-order valence-electron chi connectivity index (χ3n) is 5.86. The van der Waals surface area contributed by atoms with E-state index in [0.29, 0.717) is 22.9 Å². The van der Waals surface area contributed by atoms with Gasteiger partial charge in [0.05, 0.1) is 11.1 Å². The average molecular weight is 426 g/mol. The van der Waals surface area contributed by atoms with Gasteiger partial charge in [0, 0.05) is 66.1 Å². The lowest BCUT2D eigenvalue weighted by Crippen LogP contribution is -2.44. The van der Waals surface area contributed by atoms with Crippen LogP contribution in [0, 0.1) is 11.3 Å². The Morgan fingerprint density at radius 3 is 2.78 bits per heavy atom. The van der Waals surface area contributed by atoms with E-state index in [1.165, 1.54) is 5.69 Å². The van der Waals surface area contributed by atoms with Crippen LogP contribution in [0.15, 0.2) is 42.7 Å². The van der Waals surface area contributed by atoms with Crippen LogP contribution in [0.1, 0.15) is 32.8 Å². The van der Waals surface area contributed by atoms with Crippen LogP contribution in [-0.4, -0.2) is 44.4 Å². The van der Waals surface area contributed by atoms with Gasteiger partial charge in [0.15, 0.2) is 5.82 Å². The molecule has 1 N–H and O–H groups in total. The molecule has 1 atom stereocenters. The molecule has 1 aliphatic heterocycles. The van der Waals surface area contributed by atoms with Gasteiger partial charge in [-0.25, -0.2) is 9.97 Å². The van der Waals surface area contributed by atoms with Gasteiger partial charge in [-0.2, -0.15) is 10.4 Å². The summed E-state index contributed by atoms with van der Waals surface area (Å²) in [5.41, 5.74) is 4.28. The highest BCUT2D eigenvalue weighted by molar-refractivity contribution is 5.89. The molecular weight excluding hydrogens is 398 g/mol. The highest BCUT2D eigenvalue weighted by Gasteiger charge is 2.26. The van der Waals surface area contributed by atoms with Gasteiger partial charge in [0.1, 0.15) is 11.6 Å². The largest absolute Gasteiger partial charge is 0.370 e. The number of rotatable bonds is 3. The fourth-order valence-electron chi connectivity index (χ4n) is 4.55. The van der Waals surface area contributed by atoms with E-state index in [2.05, 4.69) is 65.3 Å². The number of nitriles is 1. The molecule has 0 radical (unpaired) electrons. The molecular formula is C25H27N7. The van der Waals surface area contributed by atoms with E-state index >= 15 is 0 Å². The van der Waals surface area contributed by atoms with E-state index in [1.54, 1.807) is 4.68 Å². The quantitative estimate of drug-likeness (QED) is 0.534. The number of nitrogens with one attached hydrogen (secondary N) is 1. The number of nitrogens with zero attached hydrogens (tertiary/aromatic N) is 6. The van der Waals surface area contributed by atoms with Gasteiger partial charge in [0.2, 0.25) is 0 Å². The average Bonchev–Trinajstić information content (AvgIpc) is 3.36. The first kappa shape index (κ1) is 20.4. The number of anilines is 1. The lowest BCUT2D eigenvalue weighted by molar-refractivity contribution is 0.373. The van der Waals surface area contributed by atoms with Crippen LogP contribution in [0.4, 0.5) is 5.69 Å². The van der Waals surface area contributed by atoms with Crippen LogP contribution in [0.25, 0.3) is 33.2 Å². The Bertz CT molecular complexity index is 1360. The monoisotopic (exact) mass is 425 g/mol. The standard InChI is InChI=1S/C25H27N7/c1-25(2,3)29-20-7-8-32(15-20)21-5-6-22-18(11-21)13-27-24(28-22)16-9-17(12-26)23-19(10-16)14-31(4)30-23/h5-6,9-11,13-14,20,29H,7-8,15H2,1-4H3. The second-order valence-corrected chi connectivity index (χ2v) is 9.64. The maximum Gasteiger partial charge on any atom is 0.159 e. The zero-order valence-corrected chi connectivity index (χ0v) is 18.9. The smallest absolute Gasteiger partial charge is 0.159 e. The normalized spacial score (nSPS) is 16.7. The van der Waals surface area contributed by atoms with Crippen molar-refractivity contribution in [3.05, 3.63) is 48.3 Å². The molecule has 0 spiro atoms. The second-order valence-electron chi connectivity index (χ2n) is 9.64. The van der Waals surface area contributed by atoms with Crippen LogP contribution >= 0.6 is 0 Å². The first-order valence-corrected chi connectivity index (χ1v) is 11.0. The van der Waals surface area contributed by atoms with E-state index in [4.69, 9.17) is 4.98 Å². The summed E-state index contributed by atoms with van der Waals surface area (Å²) in [6, 6.07) is 12.9. The van der Waals surface area contributed by atoms with Crippen LogP contribution < -0.4 is 10.2 Å². The number of benzene rings is 2. The predicted molar refractivity (Wildman–Crippen MR) is 127 cm³/mol. The summed E-state index contributed by atoms with van der Waals surface area (Å²) >= 11 is 0. The molecule has 7 nitrogen and oxygen atoms in total. The number of fused-ring (bicyclic) bond motifs is 2. The van der Waals surface area contributed by atoms with Gasteiger partial charge < -0.3 is 10.2 Å². The predicted octanol–water partition coefficient (Wildman–Crippen LogP) is 4.02. The highest BCUT2D eigenvalue weighted by Crippen LogP contribution is 2.28. The van der Waals surface area contributed by atoms with Gasteiger partial charge >= 0.3 is 0 Å². The molecule has 162 valence electrons. The van der Waals surface area contributed by atoms with Crippen molar-refractivity contribution in [3.8, 4) is 17.5 Å². The van der Waals surface area contributed by atoms with Crippen molar-refractivity contribution in [2.45, 2.75) is 38.8 Å². The Labute approximate surface area is 187 Å². The summed E-state index contributed by atoms with van der Waals surface area (Å²) < 4.78 is 1.72. The van der Waals surface area contributed by atoms with Crippen LogP contribution in [-0.2, 0) is 7.05 Å². The Hall–Kier alpha value is -3.50. The minimum Gasteiger partial charge on any atom is -0.370 e. The molecule has 32 heavy (non-hydrogen) atoms. The van der Waals surface area contributed by atoms with Crippen molar-refractivity contribution in [2.24, 2.45) is 7.05 Å². The summed E-state index contributed by atoms with van der Waals surface area (Å²) in [6.45, 7) is 8.69. The van der Waals surface area contributed by atoms with Crippen LogP contribution in [0.3, 0.4) is 0 Å². The number of aromatic nitrogens is 4. The molecule has 4 aromatic rings. The Morgan fingerprint density at radius 2 is 2.00 bits per heavy atom. The Kier molecular flexibility index (Phi) is 4.83. The van der Waals surface area contributed by atoms with Gasteiger partial charge in [0.25, 0.3) is 0 Å². The topological polar surface area (TPSA) is 82.7 Å². The molecule has 1 saturated heterocycles. The lowest BCUT2D eigenvalue weighted by Gasteiger charge is -2.26. The molecule has 0 saturated carbocycles. The summed E-state index contributed by atoms with van der Waals surface area (Å²) in [5, 5.41) is 19.6. The zero-order chi connectivity index (χ0) is 22.5. The fourth-order valence-corrected chi connectivity index (χ4v) is 4.55. The summed E-state index contributed by atoms with van der Waals surface area (Å²) in [4.78, 5) is 11.8. The third kappa shape index (κ3) is 3.90. The van der Waals surface area contributed by atoms with Crippen molar-refractivity contribution < 1.29 is 0 Å². The molecule has 1 fully saturated rings. The summed E-state index contributed by atoms with van der Waals surface area (Å²) in [6.07, 6.45) is 4.93. The number of hydrogen-bond acceptors (Lipinski definition) is 6. The van der Waals surface area contributed by atoms with Crippen molar-refractivity contribution in [1.29, 1.82) is 5.26 Å². The number of aryl methyl sites for hydroxylation is 1. The summed E-state index contributed by atoms with van der Waals surface area (Å²) in [7, 11) is 1.85. The van der Waals surface area contributed by atoms with Crippen molar-refractivity contribution in [1.82, 2.24) is 25.1 Å². The SMILES string of the molecule is Cn1cc2cc(-c3ncc4cc(N5CCC(NC(C)(C)C)C5)ccc4n3)cc(C#N)c2n1. The minimum atomic E-state index is 0.124. The molecule has 2 aromatic carbocycles. The molecule has 3 heterocycles. The van der Waals surface area contributed by atoms with E-state index in [1.807, 2.05) is 31.6 Å². The van der Waals surface area contributed by atoms with Gasteiger partial charge in [-0.3, -0.25) is 4.68 Å². The van der Waals surface area contributed by atoms with Gasteiger partial charge in [-0.05, 0) is 57.5 Å². The molecule has 2 aromatic heterocycles. The highest BCUT2D eigenvalue weighted by atomic mass is 15.2. The summed E-state index contributed by atoms with van der Waals surface area (Å²) in [5.74, 6) is 0.614. The zero-order valence-electron chi connectivity index (χ0n) is 18.9. The molecule has 0 bridgehead atoms. The molecule has 0 amide bonds. The Balaban J connectivity index is 1.44. The first-order valence-electron chi connectivity index (χ1n) is 11.0. The maximum atomic E-state index is 9.55. The lowest BCUT2D eigenvalue weighted by atomic mass is 10.1. The molecule has 1 aliphatic rings. The van der Waals surface area contributed by atoms with E-state index in [-0.39, 0.29) is 5.54 Å². The van der Waals surface area contributed by atoms with Crippen LogP contribution in [0.2, 0.25) is 0 Å². The van der Waals surface area contributed by atoms with Crippen LogP contribution in [0.5, 0.6) is 0 Å². The second kappa shape index (κ2) is 7.57. The van der Waals surface area contributed by atoms with Crippen molar-refractivity contribution in [3.63, 3.8) is 0 Å². The first-order chi connectivity index (χ1) is 15.3. The van der Waals surface area contributed by atoms with Gasteiger partial charge in [-0.15, -0.1) is 0 Å². The third-order valence-corrected chi connectivity index (χ3v) is 5.86. The fraction of sp³-hybridized carbons (Fsp3) is 0.360. The van der Waals surface area contributed by atoms with E-state index in [9.17, 15) is 5.26 Å².